The third kappa shape index (κ3) is 2.38. The number of hydrogen-bond donors (Lipinski definition) is 0. The summed E-state index contributed by atoms with van der Waals surface area (Å²) in [5.41, 5.74) is 1.59. The number of hydrogen-bond acceptors (Lipinski definition) is 4. The number of rotatable bonds is 3. The van der Waals surface area contributed by atoms with E-state index in [4.69, 9.17) is 9.15 Å². The molecular weight excluding hydrogens is 294 g/mol. The molecule has 4 aromatic rings. The predicted molar refractivity (Wildman–Crippen MR) is 86.9 cm³/mol. The predicted octanol–water partition coefficient (Wildman–Crippen LogP) is 5.29. The van der Waals surface area contributed by atoms with E-state index in [-0.39, 0.29) is 5.69 Å². The zero-order chi connectivity index (χ0) is 15.8. The Bertz CT molecular complexity index is 1040. The zero-order valence-corrected chi connectivity index (χ0v) is 11.9. The normalized spacial score (nSPS) is 11.0. The Morgan fingerprint density at radius 3 is 2.48 bits per heavy atom. The van der Waals surface area contributed by atoms with Crippen molar-refractivity contribution in [2.24, 2.45) is 0 Å². The summed E-state index contributed by atoms with van der Waals surface area (Å²) in [5.74, 6) is 1.02. The van der Waals surface area contributed by atoms with E-state index in [0.29, 0.717) is 11.5 Å². The minimum Gasteiger partial charge on any atom is -0.457 e. The molecule has 0 saturated carbocycles. The van der Waals surface area contributed by atoms with Gasteiger partial charge in [0.05, 0.1) is 11.0 Å². The van der Waals surface area contributed by atoms with Gasteiger partial charge in [-0.2, -0.15) is 0 Å². The van der Waals surface area contributed by atoms with Crippen LogP contribution in [-0.4, -0.2) is 4.92 Å². The van der Waals surface area contributed by atoms with E-state index in [2.05, 4.69) is 0 Å². The summed E-state index contributed by atoms with van der Waals surface area (Å²) >= 11 is 0. The van der Waals surface area contributed by atoms with Gasteiger partial charge >= 0.3 is 0 Å². The Kier molecular flexibility index (Phi) is 2.98. The molecule has 0 spiro atoms. The minimum atomic E-state index is -0.445. The maximum atomic E-state index is 10.8. The Morgan fingerprint density at radius 1 is 0.826 bits per heavy atom. The van der Waals surface area contributed by atoms with E-state index in [1.54, 1.807) is 18.2 Å². The van der Waals surface area contributed by atoms with Gasteiger partial charge in [-0.3, -0.25) is 10.1 Å². The van der Waals surface area contributed by atoms with Gasteiger partial charge in [-0.15, -0.1) is 0 Å². The van der Waals surface area contributed by atoms with Gasteiger partial charge in [0.2, 0.25) is 0 Å². The Balaban J connectivity index is 1.76. The molecule has 0 N–H and O–H groups in total. The number of nitro groups is 1. The van der Waals surface area contributed by atoms with Crippen molar-refractivity contribution in [3.05, 3.63) is 76.8 Å². The van der Waals surface area contributed by atoms with Crippen LogP contribution in [0.4, 0.5) is 5.69 Å². The second kappa shape index (κ2) is 5.14. The highest BCUT2D eigenvalue weighted by molar-refractivity contribution is 6.05. The molecule has 112 valence electrons. The van der Waals surface area contributed by atoms with Crippen molar-refractivity contribution >= 4 is 27.6 Å². The lowest BCUT2D eigenvalue weighted by Crippen LogP contribution is -1.89. The molecule has 0 aliphatic heterocycles. The first-order valence-corrected chi connectivity index (χ1v) is 7.04. The van der Waals surface area contributed by atoms with Crippen molar-refractivity contribution in [3.63, 3.8) is 0 Å². The van der Waals surface area contributed by atoms with Crippen LogP contribution in [0.25, 0.3) is 21.9 Å². The highest BCUT2D eigenvalue weighted by atomic mass is 16.6. The fourth-order valence-corrected chi connectivity index (χ4v) is 2.57. The van der Waals surface area contributed by atoms with Gasteiger partial charge in [-0.1, -0.05) is 24.3 Å². The van der Waals surface area contributed by atoms with Crippen molar-refractivity contribution in [2.45, 2.75) is 0 Å². The molecule has 0 aliphatic rings. The summed E-state index contributed by atoms with van der Waals surface area (Å²) in [6, 6.07) is 19.4. The number of nitro benzene ring substituents is 1. The molecule has 5 nitrogen and oxygen atoms in total. The monoisotopic (exact) mass is 305 g/mol. The summed E-state index contributed by atoms with van der Waals surface area (Å²) < 4.78 is 11.5. The Morgan fingerprint density at radius 2 is 1.61 bits per heavy atom. The highest BCUT2D eigenvalue weighted by Crippen LogP contribution is 2.33. The van der Waals surface area contributed by atoms with Crippen LogP contribution in [0.5, 0.6) is 11.5 Å². The van der Waals surface area contributed by atoms with Crippen LogP contribution in [-0.2, 0) is 0 Å². The molecule has 4 rings (SSSR count). The first-order chi connectivity index (χ1) is 11.2. The molecule has 0 bridgehead atoms. The van der Waals surface area contributed by atoms with E-state index in [1.807, 2.05) is 36.4 Å². The fourth-order valence-electron chi connectivity index (χ4n) is 2.57. The van der Waals surface area contributed by atoms with Gasteiger partial charge in [0.25, 0.3) is 5.69 Å². The second-order valence-corrected chi connectivity index (χ2v) is 5.11. The summed E-state index contributed by atoms with van der Waals surface area (Å²) in [6.07, 6.45) is 0. The summed E-state index contributed by atoms with van der Waals surface area (Å²) in [6.45, 7) is 0. The van der Waals surface area contributed by atoms with E-state index in [9.17, 15) is 10.1 Å². The van der Waals surface area contributed by atoms with Crippen LogP contribution in [0.15, 0.2) is 71.1 Å². The van der Waals surface area contributed by atoms with Crippen molar-refractivity contribution in [1.29, 1.82) is 0 Å². The average Bonchev–Trinajstić information content (AvgIpc) is 2.93. The van der Waals surface area contributed by atoms with Crippen LogP contribution in [0.3, 0.4) is 0 Å². The summed E-state index contributed by atoms with van der Waals surface area (Å²) in [7, 11) is 0. The molecule has 0 atom stereocenters. The fraction of sp³-hybridized carbons (Fsp3) is 0. The summed E-state index contributed by atoms with van der Waals surface area (Å²) in [5, 5.41) is 12.8. The van der Waals surface area contributed by atoms with E-state index in [1.165, 1.54) is 12.1 Å². The lowest BCUT2D eigenvalue weighted by atomic mass is 10.1. The molecule has 0 unspecified atom stereocenters. The van der Waals surface area contributed by atoms with Crippen molar-refractivity contribution in [3.8, 4) is 11.5 Å². The number of benzene rings is 3. The van der Waals surface area contributed by atoms with Gasteiger partial charge < -0.3 is 9.15 Å². The number of ether oxygens (including phenoxy) is 1. The Hall–Kier alpha value is -3.34. The number of furan rings is 1. The number of para-hydroxylation sites is 1. The molecule has 1 aromatic heterocycles. The first kappa shape index (κ1) is 13.3. The number of non-ortho nitro benzene ring substituents is 1. The number of fused-ring (bicyclic) bond motifs is 3. The van der Waals surface area contributed by atoms with Crippen molar-refractivity contribution in [1.82, 2.24) is 0 Å². The smallest absolute Gasteiger partial charge is 0.273 e. The summed E-state index contributed by atoms with van der Waals surface area (Å²) in [4.78, 5) is 10.4. The van der Waals surface area contributed by atoms with Gasteiger partial charge in [-0.25, -0.2) is 0 Å². The first-order valence-electron chi connectivity index (χ1n) is 7.04. The molecule has 0 amide bonds. The van der Waals surface area contributed by atoms with Crippen LogP contribution in [0.1, 0.15) is 0 Å². The quantitative estimate of drug-likeness (QED) is 0.381. The van der Waals surface area contributed by atoms with Crippen LogP contribution in [0, 0.1) is 10.1 Å². The molecular formula is C18H11NO4. The molecule has 23 heavy (non-hydrogen) atoms. The molecule has 0 radical (unpaired) electrons. The average molecular weight is 305 g/mol. The van der Waals surface area contributed by atoms with E-state index >= 15 is 0 Å². The maximum absolute atomic E-state index is 10.8. The van der Waals surface area contributed by atoms with Gasteiger partial charge in [0.1, 0.15) is 22.7 Å². The van der Waals surface area contributed by atoms with Crippen LogP contribution < -0.4 is 4.74 Å². The molecule has 1 heterocycles. The lowest BCUT2D eigenvalue weighted by Gasteiger charge is -2.05. The molecule has 3 aromatic carbocycles. The van der Waals surface area contributed by atoms with Gasteiger partial charge in [0.15, 0.2) is 0 Å². The largest absolute Gasteiger partial charge is 0.457 e. The standard InChI is InChI=1S/C18H11NO4/c20-19(21)12-4-3-5-13(10-12)22-14-8-9-18-16(11-14)15-6-1-2-7-17(15)23-18/h1-11H. The third-order valence-corrected chi connectivity index (χ3v) is 3.61. The van der Waals surface area contributed by atoms with Gasteiger partial charge in [-0.05, 0) is 30.3 Å². The van der Waals surface area contributed by atoms with E-state index < -0.39 is 4.92 Å². The molecule has 0 saturated heterocycles. The minimum absolute atomic E-state index is 0.00246. The SMILES string of the molecule is O=[N+]([O-])c1cccc(Oc2ccc3oc4ccccc4c3c2)c1. The van der Waals surface area contributed by atoms with Gasteiger partial charge in [0, 0.05) is 16.8 Å². The van der Waals surface area contributed by atoms with Crippen LogP contribution >= 0.6 is 0 Å². The molecule has 0 fully saturated rings. The maximum Gasteiger partial charge on any atom is 0.273 e. The van der Waals surface area contributed by atoms with E-state index in [0.717, 1.165) is 21.9 Å². The Labute approximate surface area is 130 Å². The second-order valence-electron chi connectivity index (χ2n) is 5.11. The highest BCUT2D eigenvalue weighted by Gasteiger charge is 2.10. The van der Waals surface area contributed by atoms with Crippen molar-refractivity contribution < 1.29 is 14.1 Å². The number of nitrogens with zero attached hydrogens (tertiary/aromatic N) is 1. The lowest BCUT2D eigenvalue weighted by molar-refractivity contribution is -0.384. The van der Waals surface area contributed by atoms with Crippen LogP contribution in [0.2, 0.25) is 0 Å². The van der Waals surface area contributed by atoms with Crippen molar-refractivity contribution in [2.75, 3.05) is 0 Å². The zero-order valence-electron chi connectivity index (χ0n) is 11.9. The topological polar surface area (TPSA) is 65.5 Å². The molecule has 0 aliphatic carbocycles. The molecule has 5 heteroatoms. The third-order valence-electron chi connectivity index (χ3n) is 3.61.